The zero-order valence-electron chi connectivity index (χ0n) is 10.3. The number of imide groups is 1. The van der Waals surface area contributed by atoms with Crippen molar-refractivity contribution in [1.82, 2.24) is 9.80 Å². The lowest BCUT2D eigenvalue weighted by Crippen LogP contribution is -2.36. The van der Waals surface area contributed by atoms with Gasteiger partial charge in [-0.15, -0.1) is 0 Å². The largest absolute Gasteiger partial charge is 0.327 e. The number of Topliss-reactive ketones (excluding diaryl/α,β-unsaturated/α-hetero) is 1. The quantitative estimate of drug-likeness (QED) is 0.592. The van der Waals surface area contributed by atoms with Gasteiger partial charge in [-0.3, -0.25) is 14.5 Å². The van der Waals surface area contributed by atoms with Crippen molar-refractivity contribution >= 4 is 17.7 Å². The summed E-state index contributed by atoms with van der Waals surface area (Å²) in [6, 6.07) is 6.68. The van der Waals surface area contributed by atoms with E-state index >= 15 is 0 Å². The molecule has 1 saturated heterocycles. The average molecular weight is 246 g/mol. The second kappa shape index (κ2) is 4.60. The van der Waals surface area contributed by atoms with Crippen LogP contribution in [0.3, 0.4) is 0 Å². The summed E-state index contributed by atoms with van der Waals surface area (Å²) in [4.78, 5) is 37.4. The van der Waals surface area contributed by atoms with Gasteiger partial charge in [-0.05, 0) is 13.0 Å². The number of likely N-dealkylation sites (N-methyl/N-ethyl adjacent to an activating group) is 1. The number of hydrogen-bond acceptors (Lipinski definition) is 3. The number of amides is 3. The minimum atomic E-state index is -0.416. The molecule has 18 heavy (non-hydrogen) atoms. The number of hydrogen-bond donors (Lipinski definition) is 0. The van der Waals surface area contributed by atoms with Gasteiger partial charge in [-0.25, -0.2) is 4.79 Å². The molecular weight excluding hydrogens is 232 g/mol. The number of ketones is 1. The molecule has 0 spiro atoms. The van der Waals surface area contributed by atoms with Crippen molar-refractivity contribution in [3.05, 3.63) is 35.4 Å². The van der Waals surface area contributed by atoms with Gasteiger partial charge in [0.2, 0.25) is 0 Å². The Morgan fingerprint density at radius 2 is 2.06 bits per heavy atom. The Balaban J connectivity index is 2.13. The number of nitrogens with zero attached hydrogens (tertiary/aromatic N) is 2. The molecule has 1 aliphatic heterocycles. The van der Waals surface area contributed by atoms with Crippen LogP contribution in [0, 0.1) is 6.92 Å². The smallest absolute Gasteiger partial charge is 0.318 e. The predicted octanol–water partition coefficient (Wildman–Crippen LogP) is 1.07. The molecule has 2 rings (SSSR count). The van der Waals surface area contributed by atoms with Gasteiger partial charge in [-0.1, -0.05) is 23.8 Å². The molecule has 1 aromatic rings. The number of carbonyl (C=O) groups excluding carboxylic acids is 3. The van der Waals surface area contributed by atoms with Crippen LogP contribution in [0.2, 0.25) is 0 Å². The monoisotopic (exact) mass is 246 g/mol. The minimum absolute atomic E-state index is 0.0416. The van der Waals surface area contributed by atoms with Gasteiger partial charge in [0.15, 0.2) is 5.78 Å². The first kappa shape index (κ1) is 12.3. The van der Waals surface area contributed by atoms with Gasteiger partial charge in [0.25, 0.3) is 5.91 Å². The zero-order chi connectivity index (χ0) is 13.3. The lowest BCUT2D eigenvalue weighted by atomic mass is 10.1. The third-order valence-electron chi connectivity index (χ3n) is 2.87. The van der Waals surface area contributed by atoms with Crippen LogP contribution in [-0.4, -0.2) is 47.7 Å². The highest BCUT2D eigenvalue weighted by atomic mass is 16.2. The third-order valence-corrected chi connectivity index (χ3v) is 2.87. The number of urea groups is 1. The molecule has 5 heteroatoms. The third kappa shape index (κ3) is 2.25. The van der Waals surface area contributed by atoms with Crippen molar-refractivity contribution in [3.8, 4) is 0 Å². The highest BCUT2D eigenvalue weighted by molar-refractivity contribution is 6.07. The van der Waals surface area contributed by atoms with Crippen molar-refractivity contribution in [3.63, 3.8) is 0 Å². The lowest BCUT2D eigenvalue weighted by molar-refractivity contribution is -0.125. The van der Waals surface area contributed by atoms with Gasteiger partial charge in [-0.2, -0.15) is 0 Å². The first-order valence-corrected chi connectivity index (χ1v) is 5.64. The molecule has 5 nitrogen and oxygen atoms in total. The first-order chi connectivity index (χ1) is 8.49. The van der Waals surface area contributed by atoms with Crippen LogP contribution in [0.1, 0.15) is 15.9 Å². The van der Waals surface area contributed by atoms with E-state index in [0.29, 0.717) is 5.56 Å². The van der Waals surface area contributed by atoms with E-state index in [4.69, 9.17) is 0 Å². The molecule has 3 amide bonds. The van der Waals surface area contributed by atoms with Gasteiger partial charge in [0.1, 0.15) is 6.54 Å². The van der Waals surface area contributed by atoms with Crippen molar-refractivity contribution in [1.29, 1.82) is 0 Å². The fourth-order valence-electron chi connectivity index (χ4n) is 1.88. The fraction of sp³-hybridized carbons (Fsp3) is 0.308. The van der Waals surface area contributed by atoms with Crippen LogP contribution < -0.4 is 0 Å². The molecule has 94 valence electrons. The molecule has 1 aliphatic rings. The van der Waals surface area contributed by atoms with Crippen LogP contribution in [0.5, 0.6) is 0 Å². The summed E-state index contributed by atoms with van der Waals surface area (Å²) in [5.41, 5.74) is 1.49. The van der Waals surface area contributed by atoms with Crippen LogP contribution in [-0.2, 0) is 4.79 Å². The first-order valence-electron chi connectivity index (χ1n) is 5.64. The highest BCUT2D eigenvalue weighted by Crippen LogP contribution is 2.11. The second-order valence-corrected chi connectivity index (χ2v) is 4.41. The molecule has 0 aliphatic carbocycles. The van der Waals surface area contributed by atoms with Crippen molar-refractivity contribution in [2.24, 2.45) is 0 Å². The van der Waals surface area contributed by atoms with Gasteiger partial charge >= 0.3 is 6.03 Å². The highest BCUT2D eigenvalue weighted by Gasteiger charge is 2.34. The number of rotatable bonds is 3. The summed E-state index contributed by atoms with van der Waals surface area (Å²) in [5.74, 6) is -0.556. The molecule has 0 saturated carbocycles. The maximum Gasteiger partial charge on any atom is 0.327 e. The Morgan fingerprint density at radius 3 is 2.61 bits per heavy atom. The molecule has 0 atom stereocenters. The number of benzene rings is 1. The molecule has 1 fully saturated rings. The molecule has 0 aromatic heterocycles. The topological polar surface area (TPSA) is 57.7 Å². The summed E-state index contributed by atoms with van der Waals surface area (Å²) in [7, 11) is 1.54. The normalized spacial score (nSPS) is 15.4. The predicted molar refractivity (Wildman–Crippen MR) is 65.2 cm³/mol. The Bertz CT molecular complexity index is 525. The maximum atomic E-state index is 12.0. The Hall–Kier alpha value is -2.17. The van der Waals surface area contributed by atoms with Gasteiger partial charge < -0.3 is 4.90 Å². The van der Waals surface area contributed by atoms with Crippen LogP contribution in [0.15, 0.2) is 24.3 Å². The fourth-order valence-corrected chi connectivity index (χ4v) is 1.88. The van der Waals surface area contributed by atoms with Crippen LogP contribution in [0.25, 0.3) is 0 Å². The molecule has 0 bridgehead atoms. The van der Waals surface area contributed by atoms with E-state index < -0.39 is 6.03 Å². The van der Waals surface area contributed by atoms with E-state index in [9.17, 15) is 14.4 Å². The second-order valence-electron chi connectivity index (χ2n) is 4.41. The van der Waals surface area contributed by atoms with E-state index in [1.807, 2.05) is 13.0 Å². The molecule has 0 unspecified atom stereocenters. The van der Waals surface area contributed by atoms with Crippen LogP contribution >= 0.6 is 0 Å². The minimum Gasteiger partial charge on any atom is -0.318 e. The van der Waals surface area contributed by atoms with E-state index in [1.165, 1.54) is 11.9 Å². The lowest BCUT2D eigenvalue weighted by Gasteiger charge is -2.13. The SMILES string of the molecule is Cc1cccc(C(=O)CN2C(=O)CN(C)C2=O)c1. The van der Waals surface area contributed by atoms with E-state index in [0.717, 1.165) is 10.5 Å². The van der Waals surface area contributed by atoms with Crippen molar-refractivity contribution < 1.29 is 14.4 Å². The number of carbonyl (C=O) groups is 3. The van der Waals surface area contributed by atoms with Gasteiger partial charge in [0, 0.05) is 12.6 Å². The Morgan fingerprint density at radius 1 is 1.33 bits per heavy atom. The summed E-state index contributed by atoms with van der Waals surface area (Å²) >= 11 is 0. The summed E-state index contributed by atoms with van der Waals surface area (Å²) in [5, 5.41) is 0. The molecule has 0 radical (unpaired) electrons. The van der Waals surface area contributed by atoms with Gasteiger partial charge in [0.05, 0.1) is 6.54 Å². The molecule has 0 N–H and O–H groups in total. The van der Waals surface area contributed by atoms with E-state index in [-0.39, 0.29) is 24.8 Å². The zero-order valence-corrected chi connectivity index (χ0v) is 10.3. The molecule has 1 heterocycles. The van der Waals surface area contributed by atoms with E-state index in [1.54, 1.807) is 18.2 Å². The molecule has 1 aromatic carbocycles. The average Bonchev–Trinajstić information content (AvgIpc) is 2.56. The Kier molecular flexibility index (Phi) is 3.14. The van der Waals surface area contributed by atoms with Crippen LogP contribution in [0.4, 0.5) is 4.79 Å². The van der Waals surface area contributed by atoms with Crippen molar-refractivity contribution in [2.45, 2.75) is 6.92 Å². The number of aryl methyl sites for hydroxylation is 1. The summed E-state index contributed by atoms with van der Waals surface area (Å²) < 4.78 is 0. The summed E-state index contributed by atoms with van der Waals surface area (Å²) in [6.45, 7) is 1.74. The molecular formula is C13H14N2O3. The summed E-state index contributed by atoms with van der Waals surface area (Å²) in [6.07, 6.45) is 0. The van der Waals surface area contributed by atoms with E-state index in [2.05, 4.69) is 0 Å². The standard InChI is InChI=1S/C13H14N2O3/c1-9-4-3-5-10(6-9)11(16)7-15-12(17)8-14(2)13(15)18/h3-6H,7-8H2,1-2H3. The van der Waals surface area contributed by atoms with Crippen molar-refractivity contribution in [2.75, 3.05) is 20.1 Å². The maximum absolute atomic E-state index is 12.0. The Labute approximate surface area is 105 Å².